The lowest BCUT2D eigenvalue weighted by atomic mass is 10.2. The van der Waals surface area contributed by atoms with E-state index < -0.39 is 5.54 Å². The van der Waals surface area contributed by atoms with Crippen LogP contribution in [0.1, 0.15) is 25.7 Å². The number of methoxy groups -OCH3 is 1. The summed E-state index contributed by atoms with van der Waals surface area (Å²) in [5.74, 6) is 0.299. The Labute approximate surface area is 135 Å². The summed E-state index contributed by atoms with van der Waals surface area (Å²) in [5.41, 5.74) is 5.83. The molecule has 0 atom stereocenters. The van der Waals surface area contributed by atoms with Gasteiger partial charge in [0.1, 0.15) is 5.75 Å². The molecular formula is C15H21ClN2O4. The van der Waals surface area contributed by atoms with E-state index in [-0.39, 0.29) is 24.3 Å². The van der Waals surface area contributed by atoms with Crippen molar-refractivity contribution in [2.75, 3.05) is 19.0 Å². The number of amides is 1. The quantitative estimate of drug-likeness (QED) is 0.589. The van der Waals surface area contributed by atoms with Gasteiger partial charge in [-0.25, -0.2) is 0 Å². The molecule has 2 rings (SSSR count). The van der Waals surface area contributed by atoms with Crippen molar-refractivity contribution < 1.29 is 19.1 Å². The van der Waals surface area contributed by atoms with E-state index in [4.69, 9.17) is 10.5 Å². The molecule has 0 spiro atoms. The van der Waals surface area contributed by atoms with Crippen LogP contribution >= 0.6 is 12.4 Å². The van der Waals surface area contributed by atoms with Crippen molar-refractivity contribution in [3.05, 3.63) is 24.3 Å². The molecule has 1 fully saturated rings. The lowest BCUT2D eigenvalue weighted by molar-refractivity contribution is -0.140. The second-order valence-corrected chi connectivity index (χ2v) is 5.16. The van der Waals surface area contributed by atoms with Gasteiger partial charge in [-0.1, -0.05) is 0 Å². The Morgan fingerprint density at radius 1 is 1.27 bits per heavy atom. The number of ether oxygens (including phenoxy) is 2. The van der Waals surface area contributed by atoms with E-state index >= 15 is 0 Å². The molecular weight excluding hydrogens is 308 g/mol. The maximum Gasteiger partial charge on any atom is 0.305 e. The number of nitrogens with one attached hydrogen (secondary N) is 1. The number of nitrogens with two attached hydrogens (primary N) is 1. The fourth-order valence-electron chi connectivity index (χ4n) is 1.76. The minimum atomic E-state index is -0.678. The van der Waals surface area contributed by atoms with E-state index in [2.05, 4.69) is 10.1 Å². The molecule has 1 amide bonds. The number of anilines is 1. The lowest BCUT2D eigenvalue weighted by Gasteiger charge is -2.11. The minimum absolute atomic E-state index is 0. The van der Waals surface area contributed by atoms with Gasteiger partial charge in [0, 0.05) is 12.1 Å². The number of esters is 1. The number of carbonyl (C=O) groups excluding carboxylic acids is 2. The zero-order valence-electron chi connectivity index (χ0n) is 12.5. The minimum Gasteiger partial charge on any atom is -0.494 e. The van der Waals surface area contributed by atoms with Crippen molar-refractivity contribution in [1.29, 1.82) is 0 Å². The third-order valence-corrected chi connectivity index (χ3v) is 3.37. The maximum absolute atomic E-state index is 11.8. The van der Waals surface area contributed by atoms with Gasteiger partial charge in [-0.3, -0.25) is 9.59 Å². The summed E-state index contributed by atoms with van der Waals surface area (Å²) in [6, 6.07) is 7.06. The predicted molar refractivity (Wildman–Crippen MR) is 85.2 cm³/mol. The standard InChI is InChI=1S/C15H20N2O4.ClH/c1-20-13(18)3-2-10-21-12-6-4-11(5-7-12)17-14(19)15(16)8-9-15;/h4-7H,2-3,8-10,16H2,1H3,(H,17,19);1H. The Morgan fingerprint density at radius 2 is 1.91 bits per heavy atom. The van der Waals surface area contributed by atoms with Gasteiger partial charge in [-0.05, 0) is 43.5 Å². The number of benzene rings is 1. The number of halogens is 1. The average Bonchev–Trinajstić information content (AvgIpc) is 3.24. The molecule has 0 aromatic heterocycles. The summed E-state index contributed by atoms with van der Waals surface area (Å²) in [4.78, 5) is 22.7. The van der Waals surface area contributed by atoms with Crippen LogP contribution in [-0.2, 0) is 14.3 Å². The Balaban J connectivity index is 0.00000242. The van der Waals surface area contributed by atoms with Gasteiger partial charge in [0.25, 0.3) is 0 Å². The zero-order valence-corrected chi connectivity index (χ0v) is 13.3. The molecule has 3 N–H and O–H groups in total. The molecule has 22 heavy (non-hydrogen) atoms. The monoisotopic (exact) mass is 328 g/mol. The van der Waals surface area contributed by atoms with Crippen LogP contribution in [0.4, 0.5) is 5.69 Å². The molecule has 1 aliphatic carbocycles. The number of hydrogen-bond donors (Lipinski definition) is 2. The molecule has 7 heteroatoms. The van der Waals surface area contributed by atoms with Gasteiger partial charge in [-0.15, -0.1) is 12.4 Å². The largest absolute Gasteiger partial charge is 0.494 e. The summed E-state index contributed by atoms with van der Waals surface area (Å²) >= 11 is 0. The van der Waals surface area contributed by atoms with Crippen molar-refractivity contribution in [2.45, 2.75) is 31.2 Å². The van der Waals surface area contributed by atoms with E-state index in [0.717, 1.165) is 12.8 Å². The summed E-state index contributed by atoms with van der Waals surface area (Å²) in [7, 11) is 1.36. The normalized spacial score (nSPS) is 14.5. The van der Waals surface area contributed by atoms with Crippen LogP contribution in [0.2, 0.25) is 0 Å². The van der Waals surface area contributed by atoms with Gasteiger partial charge in [0.2, 0.25) is 5.91 Å². The van der Waals surface area contributed by atoms with E-state index in [9.17, 15) is 9.59 Å². The molecule has 1 aromatic rings. The van der Waals surface area contributed by atoms with E-state index in [0.29, 0.717) is 30.9 Å². The predicted octanol–water partition coefficient (Wildman–Crippen LogP) is 1.87. The smallest absolute Gasteiger partial charge is 0.305 e. The zero-order chi connectivity index (χ0) is 15.3. The Morgan fingerprint density at radius 3 is 2.45 bits per heavy atom. The van der Waals surface area contributed by atoms with Gasteiger partial charge >= 0.3 is 5.97 Å². The summed E-state index contributed by atoms with van der Waals surface area (Å²) in [6.45, 7) is 0.437. The Bertz CT molecular complexity index is 515. The first-order chi connectivity index (χ1) is 10.0. The fraction of sp³-hybridized carbons (Fsp3) is 0.467. The summed E-state index contributed by atoms with van der Waals surface area (Å²) in [5, 5.41) is 2.78. The van der Waals surface area contributed by atoms with Crippen LogP contribution in [0, 0.1) is 0 Å². The first kappa shape index (κ1) is 18.3. The summed E-state index contributed by atoms with van der Waals surface area (Å²) < 4.78 is 10.0. The maximum atomic E-state index is 11.8. The van der Waals surface area contributed by atoms with Crippen molar-refractivity contribution in [3.8, 4) is 5.75 Å². The van der Waals surface area contributed by atoms with E-state index in [1.807, 2.05) is 0 Å². The van der Waals surface area contributed by atoms with Crippen LogP contribution in [0.5, 0.6) is 5.75 Å². The van der Waals surface area contributed by atoms with Crippen molar-refractivity contribution in [1.82, 2.24) is 0 Å². The molecule has 122 valence electrons. The highest BCUT2D eigenvalue weighted by Gasteiger charge is 2.45. The molecule has 0 saturated heterocycles. The molecule has 1 saturated carbocycles. The third-order valence-electron chi connectivity index (χ3n) is 3.37. The molecule has 0 radical (unpaired) electrons. The SMILES string of the molecule is COC(=O)CCCOc1ccc(NC(=O)C2(N)CC2)cc1.Cl. The first-order valence-corrected chi connectivity index (χ1v) is 6.93. The number of carbonyl (C=O) groups is 2. The van der Waals surface area contributed by atoms with Gasteiger partial charge in [0.15, 0.2) is 0 Å². The number of hydrogen-bond acceptors (Lipinski definition) is 5. The first-order valence-electron chi connectivity index (χ1n) is 6.93. The van der Waals surface area contributed by atoms with Crippen LogP contribution in [0.15, 0.2) is 24.3 Å². The molecule has 1 aliphatic rings. The second kappa shape index (κ2) is 8.00. The molecule has 0 bridgehead atoms. The lowest BCUT2D eigenvalue weighted by Crippen LogP contribution is -2.37. The van der Waals surface area contributed by atoms with Gasteiger partial charge < -0.3 is 20.5 Å². The van der Waals surface area contributed by atoms with Crippen molar-refractivity contribution in [3.63, 3.8) is 0 Å². The second-order valence-electron chi connectivity index (χ2n) is 5.16. The molecule has 1 aromatic carbocycles. The third kappa shape index (κ3) is 5.20. The molecule has 6 nitrogen and oxygen atoms in total. The highest BCUT2D eigenvalue weighted by molar-refractivity contribution is 6.00. The molecule has 0 heterocycles. The highest BCUT2D eigenvalue weighted by atomic mass is 35.5. The van der Waals surface area contributed by atoms with Crippen LogP contribution in [-0.4, -0.2) is 31.1 Å². The van der Waals surface area contributed by atoms with Gasteiger partial charge in [-0.2, -0.15) is 0 Å². The van der Waals surface area contributed by atoms with Gasteiger partial charge in [0.05, 0.1) is 19.3 Å². The van der Waals surface area contributed by atoms with E-state index in [1.165, 1.54) is 7.11 Å². The molecule has 0 unspecified atom stereocenters. The van der Waals surface area contributed by atoms with Crippen LogP contribution in [0.3, 0.4) is 0 Å². The summed E-state index contributed by atoms with van der Waals surface area (Å²) in [6.07, 6.45) is 2.41. The van der Waals surface area contributed by atoms with Crippen molar-refractivity contribution >= 4 is 30.0 Å². The van der Waals surface area contributed by atoms with Crippen LogP contribution < -0.4 is 15.8 Å². The van der Waals surface area contributed by atoms with Crippen LogP contribution in [0.25, 0.3) is 0 Å². The fourth-order valence-corrected chi connectivity index (χ4v) is 1.76. The number of rotatable bonds is 7. The van der Waals surface area contributed by atoms with Crippen molar-refractivity contribution in [2.24, 2.45) is 5.73 Å². The molecule has 0 aliphatic heterocycles. The highest BCUT2D eigenvalue weighted by Crippen LogP contribution is 2.33. The Kier molecular flexibility index (Phi) is 6.64. The average molecular weight is 329 g/mol. The van der Waals surface area contributed by atoms with E-state index in [1.54, 1.807) is 24.3 Å². The topological polar surface area (TPSA) is 90.6 Å². The Hall–Kier alpha value is -1.79.